The van der Waals surface area contributed by atoms with Gasteiger partial charge in [0.15, 0.2) is 0 Å². The molecule has 2 unspecified atom stereocenters. The second-order valence-corrected chi connectivity index (χ2v) is 6.12. The lowest BCUT2D eigenvalue weighted by Crippen LogP contribution is -2.29. The largest absolute Gasteiger partial charge is 0.387 e. The lowest BCUT2D eigenvalue weighted by atomic mass is 9.93. The summed E-state index contributed by atoms with van der Waals surface area (Å²) in [5, 5.41) is 16.6. The monoisotopic (exact) mass is 303 g/mol. The standard InChI is InChI=1S/C17H21NO2S/c1-12-5-3-4-6-15(12)13(2)9-17(20)18-10-16(19)14-7-8-21-11-14/h3-8,11,13,16,19H,9-10H2,1-2H3,(H,18,20). The first kappa shape index (κ1) is 15.7. The van der Waals surface area contributed by atoms with Gasteiger partial charge in [0.1, 0.15) is 0 Å². The summed E-state index contributed by atoms with van der Waals surface area (Å²) in [5.74, 6) is 0.143. The van der Waals surface area contributed by atoms with Crippen molar-refractivity contribution in [2.45, 2.75) is 32.3 Å². The molecule has 1 amide bonds. The number of aliphatic hydroxyl groups is 1. The molecule has 2 atom stereocenters. The molecule has 0 spiro atoms. The van der Waals surface area contributed by atoms with Gasteiger partial charge in [-0.3, -0.25) is 4.79 Å². The predicted octanol–water partition coefficient (Wildman–Crippen LogP) is 3.40. The maximum Gasteiger partial charge on any atom is 0.220 e. The molecule has 0 fully saturated rings. The minimum atomic E-state index is -0.631. The fourth-order valence-corrected chi connectivity index (χ4v) is 3.10. The maximum absolute atomic E-state index is 12.0. The van der Waals surface area contributed by atoms with Gasteiger partial charge in [0.25, 0.3) is 0 Å². The van der Waals surface area contributed by atoms with Crippen molar-refractivity contribution in [3.8, 4) is 0 Å². The van der Waals surface area contributed by atoms with Gasteiger partial charge in [-0.1, -0.05) is 31.2 Å². The van der Waals surface area contributed by atoms with Crippen LogP contribution in [0.2, 0.25) is 0 Å². The van der Waals surface area contributed by atoms with Crippen LogP contribution in [0, 0.1) is 6.92 Å². The van der Waals surface area contributed by atoms with Crippen LogP contribution in [0.15, 0.2) is 41.1 Å². The Balaban J connectivity index is 1.83. The molecule has 0 saturated carbocycles. The van der Waals surface area contributed by atoms with Gasteiger partial charge < -0.3 is 10.4 Å². The third-order valence-corrected chi connectivity index (χ3v) is 4.33. The minimum absolute atomic E-state index is 0.0277. The quantitative estimate of drug-likeness (QED) is 0.859. The van der Waals surface area contributed by atoms with Crippen LogP contribution in [0.1, 0.15) is 42.1 Å². The highest BCUT2D eigenvalue weighted by Crippen LogP contribution is 2.22. The summed E-state index contributed by atoms with van der Waals surface area (Å²) in [5.41, 5.74) is 3.26. The molecule has 2 rings (SSSR count). The average Bonchev–Trinajstić information content (AvgIpc) is 2.99. The number of benzene rings is 1. The van der Waals surface area contributed by atoms with Gasteiger partial charge in [-0.15, -0.1) is 0 Å². The van der Waals surface area contributed by atoms with Crippen molar-refractivity contribution in [3.05, 3.63) is 57.8 Å². The molecule has 0 aliphatic heterocycles. The molecule has 1 aromatic carbocycles. The van der Waals surface area contributed by atoms with E-state index in [-0.39, 0.29) is 18.4 Å². The molecule has 1 aromatic heterocycles. The average molecular weight is 303 g/mol. The summed E-state index contributed by atoms with van der Waals surface area (Å²) in [6.07, 6.45) is -0.199. The number of carbonyl (C=O) groups excluding carboxylic acids is 1. The molecule has 0 radical (unpaired) electrons. The van der Waals surface area contributed by atoms with Crippen molar-refractivity contribution in [3.63, 3.8) is 0 Å². The zero-order chi connectivity index (χ0) is 15.2. The Morgan fingerprint density at radius 3 is 2.76 bits per heavy atom. The number of carbonyl (C=O) groups is 1. The van der Waals surface area contributed by atoms with E-state index in [9.17, 15) is 9.90 Å². The van der Waals surface area contributed by atoms with Gasteiger partial charge in [0.05, 0.1) is 6.10 Å². The lowest BCUT2D eigenvalue weighted by Gasteiger charge is -2.15. The Morgan fingerprint density at radius 1 is 1.33 bits per heavy atom. The van der Waals surface area contributed by atoms with E-state index in [0.29, 0.717) is 6.42 Å². The summed E-state index contributed by atoms with van der Waals surface area (Å²) in [7, 11) is 0. The van der Waals surface area contributed by atoms with Crippen molar-refractivity contribution in [2.75, 3.05) is 6.54 Å². The van der Waals surface area contributed by atoms with Gasteiger partial charge in [0, 0.05) is 13.0 Å². The van der Waals surface area contributed by atoms with Crippen LogP contribution in [-0.4, -0.2) is 17.6 Å². The Bertz CT molecular complexity index is 580. The third-order valence-electron chi connectivity index (χ3n) is 3.63. The molecular weight excluding hydrogens is 282 g/mol. The topological polar surface area (TPSA) is 49.3 Å². The second-order valence-electron chi connectivity index (χ2n) is 5.34. The molecule has 0 aliphatic rings. The van der Waals surface area contributed by atoms with Gasteiger partial charge in [0.2, 0.25) is 5.91 Å². The summed E-state index contributed by atoms with van der Waals surface area (Å²) in [4.78, 5) is 12.0. The molecule has 2 N–H and O–H groups in total. The summed E-state index contributed by atoms with van der Waals surface area (Å²) >= 11 is 1.54. The smallest absolute Gasteiger partial charge is 0.220 e. The number of hydrogen-bond donors (Lipinski definition) is 2. The Kier molecular flexibility index (Phi) is 5.53. The molecular formula is C17H21NO2S. The fraction of sp³-hybridized carbons (Fsp3) is 0.353. The molecule has 0 aliphatic carbocycles. The van der Waals surface area contributed by atoms with Crippen LogP contribution in [0.3, 0.4) is 0 Å². The molecule has 4 heteroatoms. The Morgan fingerprint density at radius 2 is 2.10 bits per heavy atom. The molecule has 3 nitrogen and oxygen atoms in total. The second kappa shape index (κ2) is 7.38. The van der Waals surface area contributed by atoms with Crippen LogP contribution in [0.25, 0.3) is 0 Å². The van der Waals surface area contributed by atoms with Crippen LogP contribution < -0.4 is 5.32 Å². The highest BCUT2D eigenvalue weighted by Gasteiger charge is 2.14. The van der Waals surface area contributed by atoms with E-state index in [1.165, 1.54) is 22.5 Å². The van der Waals surface area contributed by atoms with Crippen molar-refractivity contribution >= 4 is 17.2 Å². The normalized spacial score (nSPS) is 13.7. The van der Waals surface area contributed by atoms with E-state index in [0.717, 1.165) is 5.56 Å². The van der Waals surface area contributed by atoms with Crippen LogP contribution in [0.4, 0.5) is 0 Å². The number of hydrogen-bond acceptors (Lipinski definition) is 3. The zero-order valence-electron chi connectivity index (χ0n) is 12.4. The number of aliphatic hydroxyl groups excluding tert-OH is 1. The van der Waals surface area contributed by atoms with Crippen LogP contribution >= 0.6 is 11.3 Å². The molecule has 0 bridgehead atoms. The number of nitrogens with one attached hydrogen (secondary N) is 1. The Hall–Kier alpha value is -1.65. The zero-order valence-corrected chi connectivity index (χ0v) is 13.2. The van der Waals surface area contributed by atoms with E-state index in [4.69, 9.17) is 0 Å². The molecule has 112 valence electrons. The van der Waals surface area contributed by atoms with Gasteiger partial charge in [-0.2, -0.15) is 11.3 Å². The van der Waals surface area contributed by atoms with E-state index in [1.54, 1.807) is 0 Å². The van der Waals surface area contributed by atoms with Gasteiger partial charge >= 0.3 is 0 Å². The minimum Gasteiger partial charge on any atom is -0.387 e. The van der Waals surface area contributed by atoms with E-state index in [2.05, 4.69) is 31.3 Å². The number of thiophene rings is 1. The first-order valence-corrected chi connectivity index (χ1v) is 8.04. The molecule has 2 aromatic rings. The van der Waals surface area contributed by atoms with Crippen LogP contribution in [-0.2, 0) is 4.79 Å². The number of aryl methyl sites for hydroxylation is 1. The van der Waals surface area contributed by atoms with E-state index in [1.807, 2.05) is 29.0 Å². The Labute approximate surface area is 129 Å². The summed E-state index contributed by atoms with van der Waals surface area (Å²) < 4.78 is 0. The van der Waals surface area contributed by atoms with Crippen molar-refractivity contribution in [1.29, 1.82) is 0 Å². The van der Waals surface area contributed by atoms with Gasteiger partial charge in [-0.05, 0) is 46.4 Å². The van der Waals surface area contributed by atoms with Crippen molar-refractivity contribution in [1.82, 2.24) is 5.32 Å². The van der Waals surface area contributed by atoms with E-state index < -0.39 is 6.10 Å². The molecule has 1 heterocycles. The number of rotatable bonds is 6. The van der Waals surface area contributed by atoms with E-state index >= 15 is 0 Å². The first-order chi connectivity index (χ1) is 10.1. The highest BCUT2D eigenvalue weighted by molar-refractivity contribution is 7.07. The maximum atomic E-state index is 12.0. The molecule has 21 heavy (non-hydrogen) atoms. The summed E-state index contributed by atoms with van der Waals surface area (Å²) in [6, 6.07) is 9.99. The van der Waals surface area contributed by atoms with Crippen LogP contribution in [0.5, 0.6) is 0 Å². The third kappa shape index (κ3) is 4.41. The highest BCUT2D eigenvalue weighted by atomic mass is 32.1. The van der Waals surface area contributed by atoms with Gasteiger partial charge in [-0.25, -0.2) is 0 Å². The molecule has 0 saturated heterocycles. The SMILES string of the molecule is Cc1ccccc1C(C)CC(=O)NCC(O)c1ccsc1. The first-order valence-electron chi connectivity index (χ1n) is 7.10. The predicted molar refractivity (Wildman–Crippen MR) is 86.5 cm³/mol. The fourth-order valence-electron chi connectivity index (χ4n) is 2.39. The van der Waals surface area contributed by atoms with Crippen molar-refractivity contribution in [2.24, 2.45) is 0 Å². The van der Waals surface area contributed by atoms with Crippen molar-refractivity contribution < 1.29 is 9.90 Å². The number of amides is 1. The summed E-state index contributed by atoms with van der Waals surface area (Å²) in [6.45, 7) is 4.37. The lowest BCUT2D eigenvalue weighted by molar-refractivity contribution is -0.121.